The molecule has 0 amide bonds. The second-order valence-corrected chi connectivity index (χ2v) is 6.45. The van der Waals surface area contributed by atoms with E-state index in [0.29, 0.717) is 19.3 Å². The van der Waals surface area contributed by atoms with Crippen molar-refractivity contribution in [1.82, 2.24) is 4.90 Å². The zero-order valence-electron chi connectivity index (χ0n) is 11.7. The van der Waals surface area contributed by atoms with Gasteiger partial charge in [-0.05, 0) is 36.8 Å². The molecule has 1 N–H and O–H groups in total. The summed E-state index contributed by atoms with van der Waals surface area (Å²) in [4.78, 5) is 2.43. The number of rotatable bonds is 6. The molecule has 2 aliphatic rings. The average Bonchev–Trinajstić information content (AvgIpc) is 3.03. The second-order valence-electron chi connectivity index (χ2n) is 6.05. The molecule has 1 aliphatic heterocycles. The molecule has 4 heteroatoms. The monoisotopic (exact) mass is 295 g/mol. The maximum Gasteiger partial charge on any atom is 0.0900 e. The van der Waals surface area contributed by atoms with Gasteiger partial charge in [0.1, 0.15) is 0 Å². The van der Waals surface area contributed by atoms with Crippen molar-refractivity contribution >= 4 is 11.6 Å². The van der Waals surface area contributed by atoms with Crippen LogP contribution < -0.4 is 0 Å². The van der Waals surface area contributed by atoms with Crippen molar-refractivity contribution in [3.8, 4) is 0 Å². The zero-order valence-corrected chi connectivity index (χ0v) is 12.4. The number of hydrogen-bond acceptors (Lipinski definition) is 3. The van der Waals surface area contributed by atoms with Gasteiger partial charge in [0.2, 0.25) is 0 Å². The van der Waals surface area contributed by atoms with Crippen LogP contribution in [0.5, 0.6) is 0 Å². The first-order valence-electron chi connectivity index (χ1n) is 7.45. The minimum Gasteiger partial charge on any atom is -0.389 e. The molecular formula is C16H22ClNO2. The molecule has 3 atom stereocenters. The summed E-state index contributed by atoms with van der Waals surface area (Å²) in [6.07, 6.45) is 3.60. The molecule has 1 heterocycles. The molecule has 3 nitrogen and oxygen atoms in total. The van der Waals surface area contributed by atoms with E-state index in [4.69, 9.17) is 16.3 Å². The maximum absolute atomic E-state index is 10.1. The first-order valence-corrected chi connectivity index (χ1v) is 7.83. The number of β-amino-alcohol motifs (C(OH)–C–C–N with tert-alkyl or cyclic N) is 1. The first-order chi connectivity index (χ1) is 9.72. The normalized spacial score (nSPS) is 27.1. The van der Waals surface area contributed by atoms with E-state index in [2.05, 4.69) is 4.90 Å². The van der Waals surface area contributed by atoms with Crippen LogP contribution >= 0.6 is 11.6 Å². The Labute approximate surface area is 125 Å². The largest absolute Gasteiger partial charge is 0.389 e. The lowest BCUT2D eigenvalue weighted by Gasteiger charge is -2.28. The number of aliphatic hydroxyl groups is 1. The molecule has 1 aromatic carbocycles. The van der Waals surface area contributed by atoms with Gasteiger partial charge in [0.05, 0.1) is 19.3 Å². The van der Waals surface area contributed by atoms with Gasteiger partial charge in [0.25, 0.3) is 0 Å². The SMILES string of the molecule is OC(COCc1ccccc1Cl)CN1CC2CCC1C2. The second kappa shape index (κ2) is 6.44. The van der Waals surface area contributed by atoms with Gasteiger partial charge in [-0.2, -0.15) is 0 Å². The van der Waals surface area contributed by atoms with Crippen LogP contribution in [-0.2, 0) is 11.3 Å². The highest BCUT2D eigenvalue weighted by molar-refractivity contribution is 6.31. The van der Waals surface area contributed by atoms with Crippen LogP contribution in [0.2, 0.25) is 5.02 Å². The molecule has 3 unspecified atom stereocenters. The van der Waals surface area contributed by atoms with Crippen molar-refractivity contribution in [2.45, 2.75) is 38.0 Å². The molecule has 0 aromatic heterocycles. The number of ether oxygens (including phenoxy) is 1. The van der Waals surface area contributed by atoms with Crippen molar-refractivity contribution in [2.75, 3.05) is 19.7 Å². The van der Waals surface area contributed by atoms with Crippen LogP contribution in [0, 0.1) is 5.92 Å². The lowest BCUT2D eigenvalue weighted by Crippen LogP contribution is -2.39. The minimum absolute atomic E-state index is 0.374. The molecule has 1 saturated carbocycles. The van der Waals surface area contributed by atoms with Gasteiger partial charge in [-0.25, -0.2) is 0 Å². The molecule has 0 radical (unpaired) electrons. The summed E-state index contributed by atoms with van der Waals surface area (Å²) in [6.45, 7) is 2.73. The van der Waals surface area contributed by atoms with Crippen molar-refractivity contribution in [2.24, 2.45) is 5.92 Å². The molecule has 2 bridgehead atoms. The van der Waals surface area contributed by atoms with Crippen LogP contribution in [0.1, 0.15) is 24.8 Å². The van der Waals surface area contributed by atoms with Crippen LogP contribution in [0.25, 0.3) is 0 Å². The molecule has 1 aliphatic carbocycles. The van der Waals surface area contributed by atoms with Gasteiger partial charge in [0, 0.05) is 24.2 Å². The highest BCUT2D eigenvalue weighted by Crippen LogP contribution is 2.37. The molecule has 3 rings (SSSR count). The van der Waals surface area contributed by atoms with Crippen LogP contribution in [-0.4, -0.2) is 41.8 Å². The summed E-state index contributed by atoms with van der Waals surface area (Å²) in [6, 6.07) is 8.37. The van der Waals surface area contributed by atoms with Crippen LogP contribution in [0.15, 0.2) is 24.3 Å². The number of hydrogen-bond donors (Lipinski definition) is 1. The van der Waals surface area contributed by atoms with E-state index in [1.54, 1.807) is 0 Å². The van der Waals surface area contributed by atoms with E-state index in [0.717, 1.165) is 29.6 Å². The number of fused-ring (bicyclic) bond motifs is 2. The van der Waals surface area contributed by atoms with Crippen LogP contribution in [0.4, 0.5) is 0 Å². The number of nitrogens with zero attached hydrogens (tertiary/aromatic N) is 1. The first kappa shape index (κ1) is 14.3. The Kier molecular flexibility index (Phi) is 4.61. The summed E-state index contributed by atoms with van der Waals surface area (Å²) >= 11 is 6.07. The van der Waals surface area contributed by atoms with Gasteiger partial charge in [0.15, 0.2) is 0 Å². The van der Waals surface area contributed by atoms with Crippen molar-refractivity contribution in [3.63, 3.8) is 0 Å². The Bertz CT molecular complexity index is 454. The van der Waals surface area contributed by atoms with Gasteiger partial charge in [-0.3, -0.25) is 4.90 Å². The Morgan fingerprint density at radius 3 is 2.90 bits per heavy atom. The van der Waals surface area contributed by atoms with Crippen LogP contribution in [0.3, 0.4) is 0 Å². The topological polar surface area (TPSA) is 32.7 Å². The van der Waals surface area contributed by atoms with Gasteiger partial charge in [-0.1, -0.05) is 29.8 Å². The lowest BCUT2D eigenvalue weighted by molar-refractivity contribution is 0.00496. The third-order valence-electron chi connectivity index (χ3n) is 4.49. The molecule has 110 valence electrons. The molecule has 2 fully saturated rings. The van der Waals surface area contributed by atoms with Crippen molar-refractivity contribution in [1.29, 1.82) is 0 Å². The fourth-order valence-corrected chi connectivity index (χ4v) is 3.68. The van der Waals surface area contributed by atoms with E-state index in [1.165, 1.54) is 19.3 Å². The number of piperidine rings is 1. The summed E-state index contributed by atoms with van der Waals surface area (Å²) in [7, 11) is 0. The fourth-order valence-electron chi connectivity index (χ4n) is 3.49. The summed E-state index contributed by atoms with van der Waals surface area (Å²) in [5, 5.41) is 10.8. The third kappa shape index (κ3) is 3.34. The van der Waals surface area contributed by atoms with Crippen molar-refractivity contribution < 1.29 is 9.84 Å². The fraction of sp³-hybridized carbons (Fsp3) is 0.625. The number of halogens is 1. The Hall–Kier alpha value is -0.610. The van der Waals surface area contributed by atoms with E-state index in [1.807, 2.05) is 24.3 Å². The summed E-state index contributed by atoms with van der Waals surface area (Å²) in [5.74, 6) is 0.872. The predicted molar refractivity (Wildman–Crippen MR) is 79.8 cm³/mol. The Morgan fingerprint density at radius 2 is 2.20 bits per heavy atom. The van der Waals surface area contributed by atoms with E-state index in [9.17, 15) is 5.11 Å². The highest BCUT2D eigenvalue weighted by Gasteiger charge is 2.38. The lowest BCUT2D eigenvalue weighted by atomic mass is 10.1. The molecule has 0 spiro atoms. The molecule has 1 saturated heterocycles. The van der Waals surface area contributed by atoms with Gasteiger partial charge >= 0.3 is 0 Å². The maximum atomic E-state index is 10.1. The quantitative estimate of drug-likeness (QED) is 0.876. The standard InChI is InChI=1S/C16H22ClNO2/c17-16-4-2-1-3-13(16)10-20-11-15(19)9-18-8-12-5-6-14(18)7-12/h1-4,12,14-15,19H,5-11H2. The molecular weight excluding hydrogens is 274 g/mol. The third-order valence-corrected chi connectivity index (χ3v) is 4.86. The number of aliphatic hydroxyl groups excluding tert-OH is 1. The smallest absolute Gasteiger partial charge is 0.0900 e. The van der Waals surface area contributed by atoms with E-state index < -0.39 is 6.10 Å². The Balaban J connectivity index is 1.39. The zero-order chi connectivity index (χ0) is 13.9. The van der Waals surface area contributed by atoms with Gasteiger partial charge in [-0.15, -0.1) is 0 Å². The average molecular weight is 296 g/mol. The van der Waals surface area contributed by atoms with Gasteiger partial charge < -0.3 is 9.84 Å². The molecule has 1 aromatic rings. The number of benzene rings is 1. The number of likely N-dealkylation sites (tertiary alicyclic amines) is 1. The molecule has 20 heavy (non-hydrogen) atoms. The van der Waals surface area contributed by atoms with E-state index in [-0.39, 0.29) is 0 Å². The van der Waals surface area contributed by atoms with Crippen molar-refractivity contribution in [3.05, 3.63) is 34.9 Å². The summed E-state index contributed by atoms with van der Waals surface area (Å²) in [5.41, 5.74) is 0.974. The predicted octanol–water partition coefficient (Wildman–Crippen LogP) is 2.70. The Morgan fingerprint density at radius 1 is 1.35 bits per heavy atom. The van der Waals surface area contributed by atoms with E-state index >= 15 is 0 Å². The summed E-state index contributed by atoms with van der Waals surface area (Å²) < 4.78 is 5.59. The minimum atomic E-state index is -0.406. The highest BCUT2D eigenvalue weighted by atomic mass is 35.5.